The molecule has 4 nitrogen and oxygen atoms in total. The predicted octanol–water partition coefficient (Wildman–Crippen LogP) is 1.74. The minimum absolute atomic E-state index is 0.0232. The Hall–Kier alpha value is -1.58. The third kappa shape index (κ3) is 2.15. The van der Waals surface area contributed by atoms with Crippen LogP contribution < -0.4 is 10.6 Å². The van der Waals surface area contributed by atoms with Gasteiger partial charge in [-0.3, -0.25) is 10.4 Å². The number of hydrogen-bond acceptors (Lipinski definition) is 3. The van der Waals surface area contributed by atoms with Gasteiger partial charge in [0.2, 0.25) is 0 Å². The molecule has 0 spiro atoms. The zero-order chi connectivity index (χ0) is 11.5. The first-order valence-corrected chi connectivity index (χ1v) is 5.72. The molecule has 0 amide bonds. The van der Waals surface area contributed by atoms with Crippen LogP contribution in [0.15, 0.2) is 18.3 Å². The molecule has 0 atom stereocenters. The maximum absolute atomic E-state index is 7.28. The molecule has 1 fully saturated rings. The average molecular weight is 218 g/mol. The quantitative estimate of drug-likeness (QED) is 0.600. The molecule has 0 radical (unpaired) electrons. The van der Waals surface area contributed by atoms with Crippen LogP contribution in [-0.2, 0) is 0 Å². The highest BCUT2D eigenvalue weighted by Crippen LogP contribution is 2.26. The van der Waals surface area contributed by atoms with Crippen LogP contribution in [-0.4, -0.2) is 23.9 Å². The van der Waals surface area contributed by atoms with Crippen LogP contribution in [0.4, 0.5) is 5.69 Å². The van der Waals surface area contributed by atoms with Gasteiger partial charge in [-0.1, -0.05) is 12.8 Å². The topological polar surface area (TPSA) is 66.0 Å². The van der Waals surface area contributed by atoms with Gasteiger partial charge in [0.25, 0.3) is 0 Å². The molecule has 3 N–H and O–H groups in total. The van der Waals surface area contributed by atoms with E-state index in [1.807, 2.05) is 12.1 Å². The molecule has 86 valence electrons. The van der Waals surface area contributed by atoms with Crippen LogP contribution in [0.25, 0.3) is 0 Å². The summed E-state index contributed by atoms with van der Waals surface area (Å²) in [5.74, 6) is 0.0232. The zero-order valence-corrected chi connectivity index (χ0v) is 9.61. The third-order valence-electron chi connectivity index (χ3n) is 3.30. The van der Waals surface area contributed by atoms with Crippen LogP contribution in [0, 0.1) is 5.41 Å². The molecule has 0 aromatic carbocycles. The summed E-state index contributed by atoms with van der Waals surface area (Å²) in [4.78, 5) is 6.46. The number of pyridine rings is 1. The zero-order valence-electron chi connectivity index (χ0n) is 9.61. The smallest absolute Gasteiger partial charge is 0.141 e. The van der Waals surface area contributed by atoms with Crippen molar-refractivity contribution >= 4 is 11.5 Å². The SMILES string of the molecule is CN(c1ccc(C(=N)N)nc1)C1CCCC1. The summed E-state index contributed by atoms with van der Waals surface area (Å²) >= 11 is 0. The highest BCUT2D eigenvalue weighted by Gasteiger charge is 2.19. The van der Waals surface area contributed by atoms with E-state index in [4.69, 9.17) is 11.1 Å². The molecule has 0 aliphatic heterocycles. The second-order valence-corrected chi connectivity index (χ2v) is 4.36. The van der Waals surface area contributed by atoms with Crippen molar-refractivity contribution in [1.82, 2.24) is 4.98 Å². The number of aromatic nitrogens is 1. The van der Waals surface area contributed by atoms with E-state index in [1.54, 1.807) is 6.20 Å². The normalized spacial score (nSPS) is 16.3. The first-order valence-electron chi connectivity index (χ1n) is 5.72. The summed E-state index contributed by atoms with van der Waals surface area (Å²) in [6, 6.07) is 4.44. The summed E-state index contributed by atoms with van der Waals surface area (Å²) < 4.78 is 0. The molecular formula is C12H18N4. The Bertz CT molecular complexity index is 365. The lowest BCUT2D eigenvalue weighted by atomic mass is 10.2. The van der Waals surface area contributed by atoms with Crippen LogP contribution in [0.1, 0.15) is 31.4 Å². The van der Waals surface area contributed by atoms with Gasteiger partial charge in [0.05, 0.1) is 11.9 Å². The van der Waals surface area contributed by atoms with E-state index in [0.29, 0.717) is 11.7 Å². The molecule has 2 rings (SSSR count). The lowest BCUT2D eigenvalue weighted by Crippen LogP contribution is -2.29. The van der Waals surface area contributed by atoms with Crippen molar-refractivity contribution in [2.45, 2.75) is 31.7 Å². The van der Waals surface area contributed by atoms with Gasteiger partial charge in [-0.2, -0.15) is 0 Å². The van der Waals surface area contributed by atoms with E-state index in [2.05, 4.69) is 16.9 Å². The fourth-order valence-corrected chi connectivity index (χ4v) is 2.26. The predicted molar refractivity (Wildman–Crippen MR) is 65.9 cm³/mol. The molecule has 0 saturated heterocycles. The highest BCUT2D eigenvalue weighted by atomic mass is 15.1. The lowest BCUT2D eigenvalue weighted by molar-refractivity contribution is 0.652. The van der Waals surface area contributed by atoms with Gasteiger partial charge in [0.1, 0.15) is 11.5 Å². The molecule has 1 aromatic heterocycles. The summed E-state index contributed by atoms with van der Waals surface area (Å²) in [5, 5.41) is 7.28. The highest BCUT2D eigenvalue weighted by molar-refractivity contribution is 5.93. The Balaban J connectivity index is 2.11. The van der Waals surface area contributed by atoms with Crippen LogP contribution in [0.3, 0.4) is 0 Å². The van der Waals surface area contributed by atoms with Crippen LogP contribution in [0.5, 0.6) is 0 Å². The maximum Gasteiger partial charge on any atom is 0.141 e. The number of anilines is 1. The molecule has 1 heterocycles. The van der Waals surface area contributed by atoms with E-state index >= 15 is 0 Å². The van der Waals surface area contributed by atoms with Gasteiger partial charge in [0, 0.05) is 13.1 Å². The molecule has 4 heteroatoms. The number of nitrogens with two attached hydrogens (primary N) is 1. The van der Waals surface area contributed by atoms with Crippen LogP contribution in [0.2, 0.25) is 0 Å². The van der Waals surface area contributed by atoms with Crippen molar-refractivity contribution in [1.29, 1.82) is 5.41 Å². The van der Waals surface area contributed by atoms with Crippen LogP contribution >= 0.6 is 0 Å². The molecule has 1 aromatic rings. The van der Waals surface area contributed by atoms with E-state index in [1.165, 1.54) is 25.7 Å². The first kappa shape index (κ1) is 10.9. The Morgan fingerprint density at radius 1 is 1.44 bits per heavy atom. The Morgan fingerprint density at radius 3 is 2.62 bits per heavy atom. The molecule has 16 heavy (non-hydrogen) atoms. The van der Waals surface area contributed by atoms with Gasteiger partial charge in [0.15, 0.2) is 0 Å². The lowest BCUT2D eigenvalue weighted by Gasteiger charge is -2.26. The van der Waals surface area contributed by atoms with Gasteiger partial charge < -0.3 is 10.6 Å². The van der Waals surface area contributed by atoms with Crippen molar-refractivity contribution in [3.05, 3.63) is 24.0 Å². The summed E-state index contributed by atoms with van der Waals surface area (Å²) in [6.07, 6.45) is 6.99. The maximum atomic E-state index is 7.28. The van der Waals surface area contributed by atoms with Crippen molar-refractivity contribution in [3.8, 4) is 0 Å². The summed E-state index contributed by atoms with van der Waals surface area (Å²) in [5.41, 5.74) is 7.02. The van der Waals surface area contributed by atoms with Crippen molar-refractivity contribution < 1.29 is 0 Å². The Kier molecular flexibility index (Phi) is 3.08. The van der Waals surface area contributed by atoms with Crippen molar-refractivity contribution in [2.75, 3.05) is 11.9 Å². The molecule has 1 aliphatic carbocycles. The minimum Gasteiger partial charge on any atom is -0.382 e. The Labute approximate surface area is 96.0 Å². The van der Waals surface area contributed by atoms with Gasteiger partial charge >= 0.3 is 0 Å². The van der Waals surface area contributed by atoms with E-state index in [-0.39, 0.29) is 5.84 Å². The molecule has 1 saturated carbocycles. The summed E-state index contributed by atoms with van der Waals surface area (Å²) in [7, 11) is 2.11. The molecular weight excluding hydrogens is 200 g/mol. The second-order valence-electron chi connectivity index (χ2n) is 4.36. The molecule has 0 bridgehead atoms. The Morgan fingerprint density at radius 2 is 2.12 bits per heavy atom. The van der Waals surface area contributed by atoms with Gasteiger partial charge in [-0.25, -0.2) is 0 Å². The first-order chi connectivity index (χ1) is 7.68. The largest absolute Gasteiger partial charge is 0.382 e. The monoisotopic (exact) mass is 218 g/mol. The van der Waals surface area contributed by atoms with Crippen molar-refractivity contribution in [3.63, 3.8) is 0 Å². The average Bonchev–Trinajstić information content (AvgIpc) is 2.81. The number of nitrogens with one attached hydrogen (secondary N) is 1. The van der Waals surface area contributed by atoms with E-state index in [0.717, 1.165) is 5.69 Å². The number of amidine groups is 1. The summed E-state index contributed by atoms with van der Waals surface area (Å²) in [6.45, 7) is 0. The second kappa shape index (κ2) is 4.51. The van der Waals surface area contributed by atoms with E-state index in [9.17, 15) is 0 Å². The standard InChI is InChI=1S/C12H18N4/c1-16(9-4-2-3-5-9)10-6-7-11(12(13)14)15-8-10/h6-9H,2-5H2,1H3,(H3,13,14). The number of nitrogens with zero attached hydrogens (tertiary/aromatic N) is 2. The molecule has 0 unspecified atom stereocenters. The van der Waals surface area contributed by atoms with Gasteiger partial charge in [-0.15, -0.1) is 0 Å². The van der Waals surface area contributed by atoms with Crippen molar-refractivity contribution in [2.24, 2.45) is 5.73 Å². The fraction of sp³-hybridized carbons (Fsp3) is 0.500. The number of hydrogen-bond donors (Lipinski definition) is 2. The number of nitrogen functional groups attached to an aromatic ring is 1. The molecule has 1 aliphatic rings. The fourth-order valence-electron chi connectivity index (χ4n) is 2.26. The van der Waals surface area contributed by atoms with E-state index < -0.39 is 0 Å². The third-order valence-corrected chi connectivity index (χ3v) is 3.30. The minimum atomic E-state index is 0.0232. The van der Waals surface area contributed by atoms with Gasteiger partial charge in [-0.05, 0) is 25.0 Å². The number of rotatable bonds is 3.